The Kier molecular flexibility index (Phi) is 7.64. The van der Waals surface area contributed by atoms with Gasteiger partial charge in [0.2, 0.25) is 11.8 Å². The Hall–Kier alpha value is -1.84. The van der Waals surface area contributed by atoms with Gasteiger partial charge < -0.3 is 10.6 Å². The summed E-state index contributed by atoms with van der Waals surface area (Å²) in [7, 11) is 0. The Bertz CT molecular complexity index is 454. The van der Waals surface area contributed by atoms with E-state index in [1.54, 1.807) is 0 Å². The van der Waals surface area contributed by atoms with E-state index in [1.165, 1.54) is 0 Å². The predicted molar refractivity (Wildman–Crippen MR) is 89.0 cm³/mol. The van der Waals surface area contributed by atoms with Crippen molar-refractivity contribution in [3.63, 3.8) is 0 Å². The summed E-state index contributed by atoms with van der Waals surface area (Å²) < 4.78 is 0. The summed E-state index contributed by atoms with van der Waals surface area (Å²) in [6, 6.07) is 7.93. The van der Waals surface area contributed by atoms with Gasteiger partial charge in [0.25, 0.3) is 0 Å². The number of nitrogens with one attached hydrogen (secondary N) is 2. The van der Waals surface area contributed by atoms with E-state index in [2.05, 4.69) is 10.6 Å². The molecule has 0 atom stereocenters. The maximum absolute atomic E-state index is 11.7. The fourth-order valence-corrected chi connectivity index (χ4v) is 2.14. The van der Waals surface area contributed by atoms with E-state index in [-0.39, 0.29) is 11.8 Å². The van der Waals surface area contributed by atoms with Gasteiger partial charge in [0, 0.05) is 25.9 Å². The molecule has 2 N–H and O–H groups in total. The van der Waals surface area contributed by atoms with Gasteiger partial charge >= 0.3 is 0 Å². The monoisotopic (exact) mass is 304 g/mol. The van der Waals surface area contributed by atoms with Crippen molar-refractivity contribution in [2.24, 2.45) is 11.8 Å². The molecule has 1 rings (SSSR count). The SMILES string of the molecule is CC(C)CC(=O)NCc1cccc(CNC(=O)CC(C)C)c1. The minimum atomic E-state index is 0.0747. The van der Waals surface area contributed by atoms with Crippen LogP contribution in [0.25, 0.3) is 0 Å². The van der Waals surface area contributed by atoms with E-state index in [1.807, 2.05) is 52.0 Å². The Labute approximate surface area is 133 Å². The van der Waals surface area contributed by atoms with Crippen LogP contribution in [-0.4, -0.2) is 11.8 Å². The van der Waals surface area contributed by atoms with E-state index in [4.69, 9.17) is 0 Å². The molecule has 0 aliphatic heterocycles. The van der Waals surface area contributed by atoms with Gasteiger partial charge in [-0.2, -0.15) is 0 Å². The number of benzene rings is 1. The Morgan fingerprint density at radius 2 is 1.27 bits per heavy atom. The van der Waals surface area contributed by atoms with Crippen LogP contribution in [-0.2, 0) is 22.7 Å². The smallest absolute Gasteiger partial charge is 0.220 e. The molecule has 4 nitrogen and oxygen atoms in total. The van der Waals surface area contributed by atoms with Crippen molar-refractivity contribution in [3.05, 3.63) is 35.4 Å². The summed E-state index contributed by atoms with van der Waals surface area (Å²) in [4.78, 5) is 23.3. The Morgan fingerprint density at radius 3 is 1.64 bits per heavy atom. The highest BCUT2D eigenvalue weighted by atomic mass is 16.2. The lowest BCUT2D eigenvalue weighted by atomic mass is 10.1. The lowest BCUT2D eigenvalue weighted by Gasteiger charge is -2.10. The van der Waals surface area contributed by atoms with Gasteiger partial charge in [-0.3, -0.25) is 9.59 Å². The number of carbonyl (C=O) groups is 2. The maximum Gasteiger partial charge on any atom is 0.220 e. The van der Waals surface area contributed by atoms with Gasteiger partial charge in [0.1, 0.15) is 0 Å². The minimum absolute atomic E-state index is 0.0747. The highest BCUT2D eigenvalue weighted by Crippen LogP contribution is 2.07. The molecule has 0 radical (unpaired) electrons. The molecule has 122 valence electrons. The molecule has 2 amide bonds. The highest BCUT2D eigenvalue weighted by Gasteiger charge is 2.06. The van der Waals surface area contributed by atoms with Crippen LogP contribution in [0.2, 0.25) is 0 Å². The predicted octanol–water partition coefficient (Wildman–Crippen LogP) is 3.01. The van der Waals surface area contributed by atoms with Crippen molar-refractivity contribution in [1.29, 1.82) is 0 Å². The van der Waals surface area contributed by atoms with E-state index in [0.29, 0.717) is 37.8 Å². The molecule has 0 bridgehead atoms. The summed E-state index contributed by atoms with van der Waals surface area (Å²) in [6.45, 7) is 9.17. The average molecular weight is 304 g/mol. The van der Waals surface area contributed by atoms with Crippen molar-refractivity contribution in [3.8, 4) is 0 Å². The molecule has 0 saturated heterocycles. The second-order valence-electron chi connectivity index (χ2n) is 6.57. The van der Waals surface area contributed by atoms with Crippen LogP contribution in [0.5, 0.6) is 0 Å². The molecule has 0 aliphatic rings. The number of amides is 2. The normalized spacial score (nSPS) is 10.8. The van der Waals surface area contributed by atoms with Gasteiger partial charge in [-0.25, -0.2) is 0 Å². The molecule has 0 unspecified atom stereocenters. The van der Waals surface area contributed by atoms with Crippen LogP contribution in [0, 0.1) is 11.8 Å². The van der Waals surface area contributed by atoms with Crippen molar-refractivity contribution < 1.29 is 9.59 Å². The highest BCUT2D eigenvalue weighted by molar-refractivity contribution is 5.76. The van der Waals surface area contributed by atoms with Crippen molar-refractivity contribution >= 4 is 11.8 Å². The molecule has 4 heteroatoms. The fraction of sp³-hybridized carbons (Fsp3) is 0.556. The molecule has 0 spiro atoms. The van der Waals surface area contributed by atoms with Gasteiger partial charge in [-0.05, 0) is 23.0 Å². The quantitative estimate of drug-likeness (QED) is 0.775. The second kappa shape index (κ2) is 9.23. The van der Waals surface area contributed by atoms with Gasteiger partial charge in [0.15, 0.2) is 0 Å². The van der Waals surface area contributed by atoms with Crippen LogP contribution in [0.3, 0.4) is 0 Å². The summed E-state index contributed by atoms with van der Waals surface area (Å²) in [6.07, 6.45) is 1.09. The summed E-state index contributed by atoms with van der Waals surface area (Å²) in [5.74, 6) is 0.876. The topological polar surface area (TPSA) is 58.2 Å². The molecular formula is C18H28N2O2. The maximum atomic E-state index is 11.7. The first-order valence-electron chi connectivity index (χ1n) is 7.98. The summed E-state index contributed by atoms with van der Waals surface area (Å²) >= 11 is 0. The van der Waals surface area contributed by atoms with E-state index < -0.39 is 0 Å². The second-order valence-corrected chi connectivity index (χ2v) is 6.57. The first-order chi connectivity index (χ1) is 10.4. The van der Waals surface area contributed by atoms with Crippen LogP contribution in [0.4, 0.5) is 0 Å². The van der Waals surface area contributed by atoms with Crippen LogP contribution < -0.4 is 10.6 Å². The van der Waals surface area contributed by atoms with Crippen molar-refractivity contribution in [2.75, 3.05) is 0 Å². The van der Waals surface area contributed by atoms with E-state index in [9.17, 15) is 9.59 Å². The first kappa shape index (κ1) is 18.2. The lowest BCUT2D eigenvalue weighted by Crippen LogP contribution is -2.25. The molecule has 0 saturated carbocycles. The lowest BCUT2D eigenvalue weighted by molar-refractivity contribution is -0.122. The molecule has 0 fully saturated rings. The standard InChI is InChI=1S/C18H28N2O2/c1-13(2)8-17(21)19-11-15-6-5-7-16(10-15)12-20-18(22)9-14(3)4/h5-7,10,13-14H,8-9,11-12H2,1-4H3,(H,19,21)(H,20,22). The van der Waals surface area contributed by atoms with Gasteiger partial charge in [-0.1, -0.05) is 52.0 Å². The number of hydrogen-bond donors (Lipinski definition) is 2. The first-order valence-corrected chi connectivity index (χ1v) is 7.98. The fourth-order valence-electron chi connectivity index (χ4n) is 2.14. The zero-order valence-electron chi connectivity index (χ0n) is 14.1. The zero-order valence-corrected chi connectivity index (χ0v) is 14.1. The molecule has 22 heavy (non-hydrogen) atoms. The van der Waals surface area contributed by atoms with E-state index in [0.717, 1.165) is 11.1 Å². The molecule has 0 aliphatic carbocycles. The van der Waals surface area contributed by atoms with Gasteiger partial charge in [0.05, 0.1) is 0 Å². The Morgan fingerprint density at radius 1 is 0.864 bits per heavy atom. The largest absolute Gasteiger partial charge is 0.352 e. The number of carbonyl (C=O) groups excluding carboxylic acids is 2. The zero-order chi connectivity index (χ0) is 16.5. The van der Waals surface area contributed by atoms with E-state index >= 15 is 0 Å². The third kappa shape index (κ3) is 7.81. The molecule has 0 aromatic heterocycles. The molecule has 0 heterocycles. The van der Waals surface area contributed by atoms with Gasteiger partial charge in [-0.15, -0.1) is 0 Å². The molecule has 1 aromatic carbocycles. The van der Waals surface area contributed by atoms with Crippen LogP contribution in [0.1, 0.15) is 51.7 Å². The van der Waals surface area contributed by atoms with Crippen LogP contribution in [0.15, 0.2) is 24.3 Å². The third-order valence-electron chi connectivity index (χ3n) is 3.16. The van der Waals surface area contributed by atoms with Crippen molar-refractivity contribution in [1.82, 2.24) is 10.6 Å². The average Bonchev–Trinajstić information content (AvgIpc) is 2.42. The van der Waals surface area contributed by atoms with Crippen LogP contribution >= 0.6 is 0 Å². The number of rotatable bonds is 8. The summed E-state index contributed by atoms with van der Waals surface area (Å²) in [5.41, 5.74) is 2.10. The minimum Gasteiger partial charge on any atom is -0.352 e. The molecular weight excluding hydrogens is 276 g/mol. The summed E-state index contributed by atoms with van der Waals surface area (Å²) in [5, 5.41) is 5.84. The number of hydrogen-bond acceptors (Lipinski definition) is 2. The van der Waals surface area contributed by atoms with Crippen molar-refractivity contribution in [2.45, 2.75) is 53.6 Å². The third-order valence-corrected chi connectivity index (χ3v) is 3.16. The molecule has 1 aromatic rings. The Balaban J connectivity index is 2.45.